The van der Waals surface area contributed by atoms with Crippen molar-refractivity contribution in [2.75, 3.05) is 0 Å². The molecule has 0 bridgehead atoms. The number of nitrogens with two attached hydrogens (primary N) is 1. The molecule has 0 amide bonds. The highest BCUT2D eigenvalue weighted by molar-refractivity contribution is 5.58. The van der Waals surface area contributed by atoms with E-state index in [1.54, 1.807) is 12.1 Å². The van der Waals surface area contributed by atoms with Crippen molar-refractivity contribution >= 4 is 5.69 Å². The summed E-state index contributed by atoms with van der Waals surface area (Å²) in [5.74, 6) is 1.28. The van der Waals surface area contributed by atoms with Gasteiger partial charge in [-0.1, -0.05) is 30.3 Å². The normalized spacial score (nSPS) is 9.65. The van der Waals surface area contributed by atoms with Crippen molar-refractivity contribution in [3.63, 3.8) is 0 Å². The van der Waals surface area contributed by atoms with Crippen LogP contribution in [0.2, 0.25) is 0 Å². The molecule has 2 aromatic carbocycles. The van der Waals surface area contributed by atoms with Crippen LogP contribution in [0.5, 0.6) is 11.5 Å². The van der Waals surface area contributed by atoms with E-state index in [-0.39, 0.29) is 0 Å². The first kappa shape index (κ1) is 11.2. The molecule has 0 aromatic heterocycles. The third-order valence-electron chi connectivity index (χ3n) is 2.37. The Bertz CT molecular complexity index is 541. The van der Waals surface area contributed by atoms with E-state index in [2.05, 4.69) is 4.85 Å². The van der Waals surface area contributed by atoms with Gasteiger partial charge in [0.15, 0.2) is 0 Å². The van der Waals surface area contributed by atoms with Crippen LogP contribution in [0.1, 0.15) is 5.56 Å². The first-order valence-corrected chi connectivity index (χ1v) is 5.27. The fourth-order valence-electron chi connectivity index (χ4n) is 1.46. The number of para-hydroxylation sites is 2. The quantitative estimate of drug-likeness (QED) is 0.810. The van der Waals surface area contributed by atoms with E-state index in [1.165, 1.54) is 0 Å². The summed E-state index contributed by atoms with van der Waals surface area (Å²) in [6.45, 7) is 7.56. The van der Waals surface area contributed by atoms with Crippen molar-refractivity contribution in [1.82, 2.24) is 0 Å². The molecule has 0 heterocycles. The van der Waals surface area contributed by atoms with Gasteiger partial charge in [0.2, 0.25) is 5.69 Å². The highest BCUT2D eigenvalue weighted by Crippen LogP contribution is 2.31. The Hall–Kier alpha value is -2.31. The van der Waals surface area contributed by atoms with Crippen molar-refractivity contribution < 1.29 is 4.74 Å². The number of ether oxygens (including phenoxy) is 1. The first-order valence-electron chi connectivity index (χ1n) is 5.27. The molecule has 0 radical (unpaired) electrons. The Kier molecular flexibility index (Phi) is 3.39. The molecule has 0 fully saturated rings. The maximum Gasteiger partial charge on any atom is 0.228 e. The van der Waals surface area contributed by atoms with Gasteiger partial charge in [-0.3, -0.25) is 0 Å². The second kappa shape index (κ2) is 5.15. The smallest absolute Gasteiger partial charge is 0.228 e. The topological polar surface area (TPSA) is 39.6 Å². The van der Waals surface area contributed by atoms with E-state index in [9.17, 15) is 0 Å². The zero-order chi connectivity index (χ0) is 12.1. The third-order valence-corrected chi connectivity index (χ3v) is 2.37. The lowest BCUT2D eigenvalue weighted by molar-refractivity contribution is 0.485. The summed E-state index contributed by atoms with van der Waals surface area (Å²) in [5.41, 5.74) is 7.08. The Morgan fingerprint density at radius 1 is 1.06 bits per heavy atom. The summed E-state index contributed by atoms with van der Waals surface area (Å²) in [6.07, 6.45) is 0. The lowest BCUT2D eigenvalue weighted by Crippen LogP contribution is -1.95. The fourth-order valence-corrected chi connectivity index (χ4v) is 1.46. The van der Waals surface area contributed by atoms with Gasteiger partial charge in [0.25, 0.3) is 0 Å². The van der Waals surface area contributed by atoms with Gasteiger partial charge in [-0.25, -0.2) is 4.85 Å². The number of hydrogen-bond donors (Lipinski definition) is 1. The molecule has 3 heteroatoms. The van der Waals surface area contributed by atoms with E-state index in [0.29, 0.717) is 23.7 Å². The molecule has 0 unspecified atom stereocenters. The number of benzene rings is 2. The molecule has 0 aliphatic rings. The number of hydrogen-bond acceptors (Lipinski definition) is 2. The van der Waals surface area contributed by atoms with Gasteiger partial charge in [-0.15, -0.1) is 0 Å². The molecule has 0 aliphatic carbocycles. The lowest BCUT2D eigenvalue weighted by Gasteiger charge is -2.07. The van der Waals surface area contributed by atoms with Crippen LogP contribution in [0.15, 0.2) is 48.5 Å². The van der Waals surface area contributed by atoms with E-state index in [0.717, 1.165) is 5.56 Å². The fraction of sp³-hybridized carbons (Fsp3) is 0.0714. The lowest BCUT2D eigenvalue weighted by atomic mass is 10.2. The summed E-state index contributed by atoms with van der Waals surface area (Å²) in [6, 6.07) is 14.7. The monoisotopic (exact) mass is 224 g/mol. The van der Waals surface area contributed by atoms with Gasteiger partial charge in [-0.2, -0.15) is 0 Å². The summed E-state index contributed by atoms with van der Waals surface area (Å²) in [4.78, 5) is 3.41. The van der Waals surface area contributed by atoms with Gasteiger partial charge >= 0.3 is 0 Å². The summed E-state index contributed by atoms with van der Waals surface area (Å²) in [7, 11) is 0. The predicted octanol–water partition coefficient (Wildman–Crippen LogP) is 3.49. The zero-order valence-electron chi connectivity index (χ0n) is 9.26. The standard InChI is InChI=1S/C14H12N2O/c1-16-13-4-2-3-5-14(13)17-12-8-6-11(10-15)7-9-12/h2-9H,10,15H2. The van der Waals surface area contributed by atoms with Crippen LogP contribution < -0.4 is 10.5 Å². The minimum absolute atomic E-state index is 0.510. The van der Waals surface area contributed by atoms with Crippen molar-refractivity contribution in [1.29, 1.82) is 0 Å². The average molecular weight is 224 g/mol. The molecule has 0 aliphatic heterocycles. The third kappa shape index (κ3) is 2.63. The zero-order valence-corrected chi connectivity index (χ0v) is 9.26. The molecule has 0 saturated carbocycles. The molecule has 84 valence electrons. The Morgan fingerprint density at radius 2 is 1.76 bits per heavy atom. The minimum atomic E-state index is 0.510. The second-order valence-electron chi connectivity index (χ2n) is 3.53. The second-order valence-corrected chi connectivity index (χ2v) is 3.53. The molecule has 2 rings (SSSR count). The van der Waals surface area contributed by atoms with E-state index >= 15 is 0 Å². The van der Waals surface area contributed by atoms with Crippen molar-refractivity contribution in [2.45, 2.75) is 6.54 Å². The van der Waals surface area contributed by atoms with Crippen molar-refractivity contribution in [3.8, 4) is 11.5 Å². The molecular weight excluding hydrogens is 212 g/mol. The summed E-state index contributed by atoms with van der Waals surface area (Å²) >= 11 is 0. The molecular formula is C14H12N2O. The van der Waals surface area contributed by atoms with Crippen molar-refractivity contribution in [3.05, 3.63) is 65.5 Å². The SMILES string of the molecule is [C-]#[N+]c1ccccc1Oc1ccc(CN)cc1. The Morgan fingerprint density at radius 3 is 2.41 bits per heavy atom. The van der Waals surface area contributed by atoms with Gasteiger partial charge in [0.05, 0.1) is 6.57 Å². The van der Waals surface area contributed by atoms with Gasteiger partial charge in [-0.05, 0) is 23.8 Å². The largest absolute Gasteiger partial charge is 0.468 e. The molecule has 2 aromatic rings. The van der Waals surface area contributed by atoms with Crippen LogP contribution in [0.25, 0.3) is 4.85 Å². The Labute approximate surface area is 100 Å². The summed E-state index contributed by atoms with van der Waals surface area (Å²) < 4.78 is 5.65. The maximum absolute atomic E-state index is 7.04. The highest BCUT2D eigenvalue weighted by Gasteiger charge is 2.03. The number of rotatable bonds is 3. The van der Waals surface area contributed by atoms with Gasteiger partial charge in [0.1, 0.15) is 11.5 Å². The van der Waals surface area contributed by atoms with E-state index in [1.807, 2.05) is 36.4 Å². The summed E-state index contributed by atoms with van der Waals surface area (Å²) in [5, 5.41) is 0. The van der Waals surface area contributed by atoms with E-state index in [4.69, 9.17) is 17.0 Å². The van der Waals surface area contributed by atoms with Crippen LogP contribution in [0, 0.1) is 6.57 Å². The van der Waals surface area contributed by atoms with Crippen LogP contribution in [-0.4, -0.2) is 0 Å². The van der Waals surface area contributed by atoms with Crippen LogP contribution in [0.3, 0.4) is 0 Å². The molecule has 3 nitrogen and oxygen atoms in total. The van der Waals surface area contributed by atoms with Crippen LogP contribution in [-0.2, 0) is 6.54 Å². The predicted molar refractivity (Wildman–Crippen MR) is 67.1 cm³/mol. The highest BCUT2D eigenvalue weighted by atomic mass is 16.5. The first-order chi connectivity index (χ1) is 8.33. The van der Waals surface area contributed by atoms with Crippen LogP contribution >= 0.6 is 0 Å². The molecule has 0 saturated heterocycles. The molecule has 2 N–H and O–H groups in total. The maximum atomic E-state index is 7.04. The average Bonchev–Trinajstić information content (AvgIpc) is 2.40. The minimum Gasteiger partial charge on any atom is -0.468 e. The number of nitrogens with zero attached hydrogens (tertiary/aromatic N) is 1. The molecule has 0 spiro atoms. The van der Waals surface area contributed by atoms with Crippen LogP contribution in [0.4, 0.5) is 5.69 Å². The van der Waals surface area contributed by atoms with E-state index < -0.39 is 0 Å². The van der Waals surface area contributed by atoms with Gasteiger partial charge in [0, 0.05) is 6.54 Å². The molecule has 17 heavy (non-hydrogen) atoms. The van der Waals surface area contributed by atoms with Crippen molar-refractivity contribution in [2.24, 2.45) is 5.73 Å². The van der Waals surface area contributed by atoms with Gasteiger partial charge < -0.3 is 10.5 Å². The Balaban J connectivity index is 2.23. The molecule has 0 atom stereocenters.